The Labute approximate surface area is 168 Å². The molecule has 4 rings (SSSR count). The fourth-order valence-corrected chi connectivity index (χ4v) is 7.26. The Morgan fingerprint density at radius 1 is 1.25 bits per heavy atom. The maximum atomic E-state index is 12.6. The van der Waals surface area contributed by atoms with Crippen molar-refractivity contribution in [3.8, 4) is 0 Å². The second-order valence-electron chi connectivity index (χ2n) is 9.88. The molecule has 6 heteroatoms. The lowest BCUT2D eigenvalue weighted by Crippen LogP contribution is -2.59. The molecule has 1 unspecified atom stereocenters. The second-order valence-corrected chi connectivity index (χ2v) is 9.88. The van der Waals surface area contributed by atoms with Crippen molar-refractivity contribution in [3.05, 3.63) is 11.8 Å². The van der Waals surface area contributed by atoms with Gasteiger partial charge in [0.1, 0.15) is 5.78 Å². The van der Waals surface area contributed by atoms with E-state index in [9.17, 15) is 9.59 Å². The van der Waals surface area contributed by atoms with Crippen molar-refractivity contribution in [2.24, 2.45) is 40.2 Å². The second kappa shape index (κ2) is 7.45. The third-order valence-corrected chi connectivity index (χ3v) is 8.73. The zero-order valence-electron chi connectivity index (χ0n) is 17.2. The average molecular weight is 390 g/mol. The summed E-state index contributed by atoms with van der Waals surface area (Å²) >= 11 is 0. The first-order chi connectivity index (χ1) is 13.4. The predicted molar refractivity (Wildman–Crippen MR) is 107 cm³/mol. The van der Waals surface area contributed by atoms with Crippen LogP contribution in [-0.4, -0.2) is 31.4 Å². The van der Waals surface area contributed by atoms with E-state index in [0.29, 0.717) is 36.7 Å². The van der Waals surface area contributed by atoms with E-state index in [1.165, 1.54) is 0 Å². The number of hydrogen-bond donors (Lipinski definition) is 3. The molecule has 7 atom stereocenters. The van der Waals surface area contributed by atoms with E-state index >= 15 is 0 Å². The number of nitrogens with two attached hydrogens (primary N) is 1. The molecule has 0 aromatic rings. The molecule has 3 fully saturated rings. The van der Waals surface area contributed by atoms with E-state index in [0.717, 1.165) is 57.1 Å². The first kappa shape index (κ1) is 19.9. The number of allylic oxidation sites excluding steroid dienone is 1. The Morgan fingerprint density at radius 2 is 2.07 bits per heavy atom. The standard InChI is InChI=1S/C22H35N3O3/c1-21-7-5-14(25-28-10-9-23)11-18(21)19(24-13-26)12-15-16-3-4-20(27)22(16,2)8-6-17(15)21/h11,13,15-19,25H,3-10,12,23H2,1-2H3,(H,24,26)/t15-,16-,17-,18?,19-,21+,22-/m0/s1. The quantitative estimate of drug-likeness (QED) is 0.368. The summed E-state index contributed by atoms with van der Waals surface area (Å²) in [6, 6.07) is 0.119. The summed E-state index contributed by atoms with van der Waals surface area (Å²) in [5, 5.41) is 3.13. The van der Waals surface area contributed by atoms with Gasteiger partial charge in [-0.15, -0.1) is 0 Å². The van der Waals surface area contributed by atoms with Crippen molar-refractivity contribution < 1.29 is 14.4 Å². The van der Waals surface area contributed by atoms with Gasteiger partial charge in [0.2, 0.25) is 6.41 Å². The molecule has 0 aromatic carbocycles. The van der Waals surface area contributed by atoms with E-state index in [-0.39, 0.29) is 22.8 Å². The van der Waals surface area contributed by atoms with Crippen LogP contribution in [0.25, 0.3) is 0 Å². The van der Waals surface area contributed by atoms with Crippen LogP contribution in [0.5, 0.6) is 0 Å². The number of nitrogens with one attached hydrogen (secondary N) is 2. The fraction of sp³-hybridized carbons (Fsp3) is 0.818. The highest BCUT2D eigenvalue weighted by Gasteiger charge is 2.61. The number of Topliss-reactive ketones (excluding diaryl/α,β-unsaturated/α-hetero) is 1. The van der Waals surface area contributed by atoms with Crippen molar-refractivity contribution in [2.45, 2.75) is 64.8 Å². The molecule has 28 heavy (non-hydrogen) atoms. The predicted octanol–water partition coefficient (Wildman–Crippen LogP) is 2.30. The number of carbonyl (C=O) groups is 2. The molecule has 0 bridgehead atoms. The summed E-state index contributed by atoms with van der Waals surface area (Å²) < 4.78 is 0. The van der Waals surface area contributed by atoms with Crippen LogP contribution in [0.4, 0.5) is 0 Å². The van der Waals surface area contributed by atoms with Gasteiger partial charge in [-0.25, -0.2) is 0 Å². The van der Waals surface area contributed by atoms with Crippen molar-refractivity contribution in [1.82, 2.24) is 10.8 Å². The molecule has 3 saturated carbocycles. The van der Waals surface area contributed by atoms with E-state index in [1.807, 2.05) is 0 Å². The normalized spacial score (nSPS) is 44.8. The fourth-order valence-electron chi connectivity index (χ4n) is 7.26. The van der Waals surface area contributed by atoms with Gasteiger partial charge in [0.05, 0.1) is 6.61 Å². The van der Waals surface area contributed by atoms with E-state index in [1.54, 1.807) is 0 Å². The summed E-state index contributed by atoms with van der Waals surface area (Å²) in [6.07, 6.45) is 10.1. The van der Waals surface area contributed by atoms with Gasteiger partial charge in [-0.05, 0) is 61.7 Å². The van der Waals surface area contributed by atoms with Gasteiger partial charge in [0.25, 0.3) is 0 Å². The molecule has 4 N–H and O–H groups in total. The van der Waals surface area contributed by atoms with Gasteiger partial charge in [0.15, 0.2) is 0 Å². The van der Waals surface area contributed by atoms with Gasteiger partial charge in [-0.3, -0.25) is 19.9 Å². The maximum Gasteiger partial charge on any atom is 0.207 e. The largest absolute Gasteiger partial charge is 0.355 e. The van der Waals surface area contributed by atoms with Crippen LogP contribution in [0.2, 0.25) is 0 Å². The summed E-state index contributed by atoms with van der Waals surface area (Å²) in [5.74, 6) is 2.38. The molecule has 1 amide bonds. The van der Waals surface area contributed by atoms with Crippen molar-refractivity contribution in [1.29, 1.82) is 0 Å². The van der Waals surface area contributed by atoms with Crippen molar-refractivity contribution >= 4 is 12.2 Å². The Kier molecular flexibility index (Phi) is 5.29. The highest BCUT2D eigenvalue weighted by molar-refractivity contribution is 5.87. The lowest BCUT2D eigenvalue weighted by molar-refractivity contribution is -0.138. The third-order valence-electron chi connectivity index (χ3n) is 8.73. The number of hydrogen-bond acceptors (Lipinski definition) is 5. The lowest BCUT2D eigenvalue weighted by atomic mass is 9.45. The summed E-state index contributed by atoms with van der Waals surface area (Å²) in [4.78, 5) is 29.5. The number of rotatable bonds is 6. The van der Waals surface area contributed by atoms with Crippen LogP contribution in [0.3, 0.4) is 0 Å². The molecule has 0 radical (unpaired) electrons. The van der Waals surface area contributed by atoms with Crippen LogP contribution in [0.15, 0.2) is 11.8 Å². The molecular formula is C22H35N3O3. The lowest BCUT2D eigenvalue weighted by Gasteiger charge is -2.60. The molecule has 0 aromatic heterocycles. The zero-order valence-corrected chi connectivity index (χ0v) is 17.2. The van der Waals surface area contributed by atoms with Gasteiger partial charge < -0.3 is 11.1 Å². The van der Waals surface area contributed by atoms with Gasteiger partial charge >= 0.3 is 0 Å². The molecule has 4 aliphatic carbocycles. The monoisotopic (exact) mass is 389 g/mol. The first-order valence-electron chi connectivity index (χ1n) is 11.0. The smallest absolute Gasteiger partial charge is 0.207 e. The molecule has 6 nitrogen and oxygen atoms in total. The van der Waals surface area contributed by atoms with Gasteiger partial charge in [-0.1, -0.05) is 19.9 Å². The molecule has 0 saturated heterocycles. The minimum absolute atomic E-state index is 0.119. The highest BCUT2D eigenvalue weighted by atomic mass is 16.6. The average Bonchev–Trinajstić information content (AvgIpc) is 2.98. The molecule has 156 valence electrons. The minimum atomic E-state index is -0.136. The number of hydroxylamine groups is 1. The number of fused-ring (bicyclic) bond motifs is 5. The third kappa shape index (κ3) is 3.00. The van der Waals surface area contributed by atoms with Crippen LogP contribution in [0, 0.1) is 34.5 Å². The first-order valence-corrected chi connectivity index (χ1v) is 11.0. The Balaban J connectivity index is 1.62. The summed E-state index contributed by atoms with van der Waals surface area (Å²) in [5.41, 5.74) is 9.70. The molecular weight excluding hydrogens is 354 g/mol. The molecule has 0 spiro atoms. The summed E-state index contributed by atoms with van der Waals surface area (Å²) in [7, 11) is 0. The van der Waals surface area contributed by atoms with Crippen molar-refractivity contribution in [3.63, 3.8) is 0 Å². The minimum Gasteiger partial charge on any atom is -0.355 e. The van der Waals surface area contributed by atoms with Crippen LogP contribution in [0.1, 0.15) is 58.8 Å². The summed E-state index contributed by atoms with van der Waals surface area (Å²) in [6.45, 7) is 5.59. The number of carbonyl (C=O) groups excluding carboxylic acids is 2. The van der Waals surface area contributed by atoms with Crippen molar-refractivity contribution in [2.75, 3.05) is 13.2 Å². The zero-order chi connectivity index (χ0) is 19.9. The van der Waals surface area contributed by atoms with E-state index < -0.39 is 0 Å². The van der Waals surface area contributed by atoms with Crippen LogP contribution < -0.4 is 16.5 Å². The number of amides is 1. The molecule has 4 aliphatic rings. The molecule has 0 aliphatic heterocycles. The maximum absolute atomic E-state index is 12.6. The molecule has 0 heterocycles. The highest BCUT2D eigenvalue weighted by Crippen LogP contribution is 2.64. The van der Waals surface area contributed by atoms with E-state index in [4.69, 9.17) is 10.6 Å². The Hall–Kier alpha value is -1.40. The number of ketones is 1. The Morgan fingerprint density at radius 3 is 2.82 bits per heavy atom. The van der Waals surface area contributed by atoms with Gasteiger partial charge in [-0.2, -0.15) is 0 Å². The van der Waals surface area contributed by atoms with Crippen LogP contribution in [-0.2, 0) is 14.4 Å². The Bertz CT molecular complexity index is 665. The van der Waals surface area contributed by atoms with Crippen LogP contribution >= 0.6 is 0 Å². The van der Waals surface area contributed by atoms with E-state index in [2.05, 4.69) is 30.7 Å². The van der Waals surface area contributed by atoms with Gasteiger partial charge in [0, 0.05) is 36.0 Å². The SMILES string of the molecule is C[C@]12CCC(NOCCN)=CC1[C@@H](NC=O)C[C@@H]1[C@@H]2CC[C@]2(C)C(=O)CC[C@@H]12. The topological polar surface area (TPSA) is 93.4 Å².